The van der Waals surface area contributed by atoms with Crippen LogP contribution in [0.4, 0.5) is 5.82 Å². The zero-order chi connectivity index (χ0) is 18.6. The number of nitrogens with one attached hydrogen (secondary N) is 1. The number of anilines is 1. The average molecular weight is 352 g/mol. The van der Waals surface area contributed by atoms with Crippen LogP contribution < -0.4 is 5.32 Å². The van der Waals surface area contributed by atoms with Crippen LogP contribution in [0.5, 0.6) is 0 Å². The summed E-state index contributed by atoms with van der Waals surface area (Å²) in [6.45, 7) is 8.22. The third kappa shape index (κ3) is 2.87. The molecule has 3 aromatic heterocycles. The number of pyridine rings is 1. The standard InChI is InChI=1S/C19H24N6O/c1-11-16-13(18(26)21-15-8-9-24(5)23-15)10-14(12-6-7-12)20-17(16)25(22-11)19(2,3)4/h8-10,12H,6-7H2,1-5H3,(H,21,23,26). The zero-order valence-corrected chi connectivity index (χ0v) is 15.9. The van der Waals surface area contributed by atoms with Crippen molar-refractivity contribution >= 4 is 22.8 Å². The van der Waals surface area contributed by atoms with Crippen molar-refractivity contribution in [2.24, 2.45) is 7.05 Å². The molecule has 0 atom stereocenters. The molecule has 3 aromatic rings. The highest BCUT2D eigenvalue weighted by molar-refractivity contribution is 6.12. The maximum Gasteiger partial charge on any atom is 0.257 e. The molecule has 1 saturated carbocycles. The molecule has 4 rings (SSSR count). The minimum absolute atomic E-state index is 0.172. The molecule has 0 spiro atoms. The van der Waals surface area contributed by atoms with Crippen molar-refractivity contribution in [2.45, 2.75) is 52.0 Å². The van der Waals surface area contributed by atoms with E-state index >= 15 is 0 Å². The van der Waals surface area contributed by atoms with E-state index in [0.717, 1.165) is 35.3 Å². The Kier molecular flexibility index (Phi) is 3.64. The molecule has 0 aliphatic heterocycles. The molecule has 7 heteroatoms. The van der Waals surface area contributed by atoms with E-state index in [-0.39, 0.29) is 11.4 Å². The average Bonchev–Trinajstić information content (AvgIpc) is 3.25. The summed E-state index contributed by atoms with van der Waals surface area (Å²) in [5, 5.41) is 12.6. The molecule has 1 amide bonds. The van der Waals surface area contributed by atoms with Crippen LogP contribution in [0.1, 0.15) is 61.3 Å². The molecule has 1 fully saturated rings. The molecule has 0 saturated heterocycles. The summed E-state index contributed by atoms with van der Waals surface area (Å²) >= 11 is 0. The second-order valence-electron chi connectivity index (χ2n) is 8.06. The van der Waals surface area contributed by atoms with Gasteiger partial charge in [-0.15, -0.1) is 0 Å². The Balaban J connectivity index is 1.87. The number of carbonyl (C=O) groups is 1. The van der Waals surface area contributed by atoms with Gasteiger partial charge in [0.05, 0.1) is 22.2 Å². The molecule has 0 aromatic carbocycles. The van der Waals surface area contributed by atoms with Gasteiger partial charge in [-0.05, 0) is 46.6 Å². The van der Waals surface area contributed by atoms with Crippen molar-refractivity contribution < 1.29 is 4.79 Å². The second kappa shape index (κ2) is 5.65. The lowest BCUT2D eigenvalue weighted by Crippen LogP contribution is -2.23. The number of nitrogens with zero attached hydrogens (tertiary/aromatic N) is 5. The van der Waals surface area contributed by atoms with Gasteiger partial charge in [-0.25, -0.2) is 9.67 Å². The highest BCUT2D eigenvalue weighted by Crippen LogP contribution is 2.41. The van der Waals surface area contributed by atoms with E-state index in [1.54, 1.807) is 16.9 Å². The van der Waals surface area contributed by atoms with Gasteiger partial charge in [0.1, 0.15) is 0 Å². The number of carbonyl (C=O) groups excluding carboxylic acids is 1. The van der Waals surface area contributed by atoms with Gasteiger partial charge in [-0.3, -0.25) is 9.48 Å². The largest absolute Gasteiger partial charge is 0.305 e. The summed E-state index contributed by atoms with van der Waals surface area (Å²) in [6.07, 6.45) is 4.06. The maximum atomic E-state index is 13.0. The fourth-order valence-electron chi connectivity index (χ4n) is 3.21. The van der Waals surface area contributed by atoms with Crippen LogP contribution in [-0.2, 0) is 12.6 Å². The van der Waals surface area contributed by atoms with Crippen LogP contribution in [0.2, 0.25) is 0 Å². The van der Waals surface area contributed by atoms with E-state index in [4.69, 9.17) is 10.1 Å². The van der Waals surface area contributed by atoms with Gasteiger partial charge >= 0.3 is 0 Å². The molecule has 1 N–H and O–H groups in total. The summed E-state index contributed by atoms with van der Waals surface area (Å²) in [4.78, 5) is 17.9. The number of rotatable bonds is 3. The van der Waals surface area contributed by atoms with Crippen molar-refractivity contribution in [3.05, 3.63) is 35.3 Å². The minimum Gasteiger partial charge on any atom is -0.305 e. The third-order valence-corrected chi connectivity index (χ3v) is 4.66. The smallest absolute Gasteiger partial charge is 0.257 e. The zero-order valence-electron chi connectivity index (χ0n) is 15.9. The Morgan fingerprint density at radius 2 is 2.00 bits per heavy atom. The van der Waals surface area contributed by atoms with E-state index in [1.807, 2.05) is 24.7 Å². The number of aromatic nitrogens is 5. The van der Waals surface area contributed by atoms with Crippen LogP contribution in [0.15, 0.2) is 18.3 Å². The summed E-state index contributed by atoms with van der Waals surface area (Å²) < 4.78 is 3.59. The first-order chi connectivity index (χ1) is 12.2. The van der Waals surface area contributed by atoms with Gasteiger partial charge in [-0.1, -0.05) is 0 Å². The van der Waals surface area contributed by atoms with Gasteiger partial charge in [0.2, 0.25) is 0 Å². The quantitative estimate of drug-likeness (QED) is 0.784. The van der Waals surface area contributed by atoms with Crippen molar-refractivity contribution in [3.63, 3.8) is 0 Å². The molecule has 1 aliphatic rings. The first kappa shape index (κ1) is 16.8. The summed E-state index contributed by atoms with van der Waals surface area (Å²) in [7, 11) is 1.82. The highest BCUT2D eigenvalue weighted by atomic mass is 16.1. The molecular formula is C19H24N6O. The Hall–Kier alpha value is -2.70. The minimum atomic E-state index is -0.212. The fourth-order valence-corrected chi connectivity index (χ4v) is 3.21. The van der Waals surface area contributed by atoms with E-state index in [9.17, 15) is 4.79 Å². The summed E-state index contributed by atoms with van der Waals surface area (Å²) in [5.41, 5.74) is 2.99. The molecule has 0 radical (unpaired) electrons. The summed E-state index contributed by atoms with van der Waals surface area (Å²) in [6, 6.07) is 3.71. The van der Waals surface area contributed by atoms with Crippen molar-refractivity contribution in [2.75, 3.05) is 5.32 Å². The number of hydrogen-bond acceptors (Lipinski definition) is 4. The molecular weight excluding hydrogens is 328 g/mol. The molecule has 0 bridgehead atoms. The maximum absolute atomic E-state index is 13.0. The highest BCUT2D eigenvalue weighted by Gasteiger charge is 2.30. The SMILES string of the molecule is Cc1nn(C(C)(C)C)c2nc(C3CC3)cc(C(=O)Nc3ccn(C)n3)c12. The molecule has 1 aliphatic carbocycles. The number of aryl methyl sites for hydroxylation is 2. The normalized spacial score (nSPS) is 14.8. The van der Waals surface area contributed by atoms with Crippen LogP contribution in [0, 0.1) is 6.92 Å². The van der Waals surface area contributed by atoms with Crippen LogP contribution in [0.25, 0.3) is 11.0 Å². The molecule has 136 valence electrons. The number of amides is 1. The number of hydrogen-bond donors (Lipinski definition) is 1. The Labute approximate surface area is 152 Å². The van der Waals surface area contributed by atoms with Gasteiger partial charge in [-0.2, -0.15) is 10.2 Å². The van der Waals surface area contributed by atoms with E-state index in [2.05, 4.69) is 31.2 Å². The topological polar surface area (TPSA) is 77.6 Å². The lowest BCUT2D eigenvalue weighted by Gasteiger charge is -2.20. The van der Waals surface area contributed by atoms with E-state index in [1.165, 1.54) is 0 Å². The van der Waals surface area contributed by atoms with Crippen molar-refractivity contribution in [1.29, 1.82) is 0 Å². The Bertz CT molecular complexity index is 1000. The van der Waals surface area contributed by atoms with E-state index in [0.29, 0.717) is 17.3 Å². The molecule has 0 unspecified atom stereocenters. The first-order valence-corrected chi connectivity index (χ1v) is 8.96. The van der Waals surface area contributed by atoms with Gasteiger partial charge in [0.25, 0.3) is 5.91 Å². The molecule has 7 nitrogen and oxygen atoms in total. The van der Waals surface area contributed by atoms with Gasteiger partial charge in [0, 0.05) is 30.9 Å². The predicted molar refractivity (Wildman–Crippen MR) is 100 cm³/mol. The van der Waals surface area contributed by atoms with Gasteiger partial charge < -0.3 is 5.32 Å². The molecule has 26 heavy (non-hydrogen) atoms. The Morgan fingerprint density at radius 1 is 1.27 bits per heavy atom. The van der Waals surface area contributed by atoms with Crippen molar-refractivity contribution in [3.8, 4) is 0 Å². The third-order valence-electron chi connectivity index (χ3n) is 4.66. The monoisotopic (exact) mass is 352 g/mol. The Morgan fingerprint density at radius 3 is 2.58 bits per heavy atom. The lowest BCUT2D eigenvalue weighted by molar-refractivity contribution is 0.102. The lowest BCUT2D eigenvalue weighted by atomic mass is 10.1. The summed E-state index contributed by atoms with van der Waals surface area (Å²) in [5.74, 6) is 0.815. The fraction of sp³-hybridized carbons (Fsp3) is 0.474. The van der Waals surface area contributed by atoms with Crippen LogP contribution >= 0.6 is 0 Å². The molecule has 3 heterocycles. The van der Waals surface area contributed by atoms with Crippen LogP contribution in [0.3, 0.4) is 0 Å². The van der Waals surface area contributed by atoms with E-state index < -0.39 is 0 Å². The van der Waals surface area contributed by atoms with Gasteiger partial charge in [0.15, 0.2) is 11.5 Å². The van der Waals surface area contributed by atoms with Crippen LogP contribution in [-0.4, -0.2) is 30.5 Å². The van der Waals surface area contributed by atoms with Crippen molar-refractivity contribution in [1.82, 2.24) is 24.5 Å². The predicted octanol–water partition coefficient (Wildman–Crippen LogP) is 3.36. The second-order valence-corrected chi connectivity index (χ2v) is 8.06. The first-order valence-electron chi connectivity index (χ1n) is 8.96. The number of fused-ring (bicyclic) bond motifs is 1.